The van der Waals surface area contributed by atoms with Gasteiger partial charge in [0.15, 0.2) is 0 Å². The highest BCUT2D eigenvalue weighted by Gasteiger charge is 2.29. The highest BCUT2D eigenvalue weighted by atomic mass is 16.6. The smallest absolute Gasteiger partial charge is 0.328 e. The zero-order chi connectivity index (χ0) is 20.1. The fraction of sp³-hybridized carbons (Fsp3) is 0.300. The summed E-state index contributed by atoms with van der Waals surface area (Å²) in [5.74, 6) is -0.840. The standard InChI is InChI=1S/C20H22N2O5/c1-13-9-14(2)11-16(10-13)19(23)21(3)18(20(24)27-4)12-15-5-7-17(8-6-15)22(25)26/h5-11,18H,12H2,1-4H3/t18-/m1/s1. The summed E-state index contributed by atoms with van der Waals surface area (Å²) in [4.78, 5) is 36.8. The van der Waals surface area contributed by atoms with Crippen molar-refractivity contribution in [1.82, 2.24) is 4.90 Å². The molecular formula is C20H22N2O5. The first-order chi connectivity index (χ1) is 12.7. The summed E-state index contributed by atoms with van der Waals surface area (Å²) >= 11 is 0. The Balaban J connectivity index is 2.27. The van der Waals surface area contributed by atoms with Crippen molar-refractivity contribution in [3.05, 3.63) is 74.8 Å². The molecule has 2 aromatic rings. The van der Waals surface area contributed by atoms with E-state index in [2.05, 4.69) is 0 Å². The van der Waals surface area contributed by atoms with Crippen LogP contribution >= 0.6 is 0 Å². The second-order valence-corrected chi connectivity index (χ2v) is 6.46. The maximum Gasteiger partial charge on any atom is 0.328 e. The lowest BCUT2D eigenvalue weighted by molar-refractivity contribution is -0.384. The van der Waals surface area contributed by atoms with Gasteiger partial charge in [0.05, 0.1) is 12.0 Å². The Morgan fingerprint density at radius 1 is 1.11 bits per heavy atom. The molecule has 0 unspecified atom stereocenters. The molecule has 1 amide bonds. The van der Waals surface area contributed by atoms with Gasteiger partial charge in [0.25, 0.3) is 11.6 Å². The number of amides is 1. The van der Waals surface area contributed by atoms with Crippen LogP contribution in [0.1, 0.15) is 27.0 Å². The minimum Gasteiger partial charge on any atom is -0.467 e. The first kappa shape index (κ1) is 20.1. The second-order valence-electron chi connectivity index (χ2n) is 6.46. The molecular weight excluding hydrogens is 348 g/mol. The van der Waals surface area contributed by atoms with Gasteiger partial charge >= 0.3 is 5.97 Å². The van der Waals surface area contributed by atoms with E-state index in [1.54, 1.807) is 31.3 Å². The highest BCUT2D eigenvalue weighted by molar-refractivity contribution is 5.97. The minimum atomic E-state index is -0.843. The van der Waals surface area contributed by atoms with E-state index in [-0.39, 0.29) is 18.0 Å². The number of likely N-dealkylation sites (N-methyl/N-ethyl adjacent to an activating group) is 1. The van der Waals surface area contributed by atoms with E-state index in [1.165, 1.54) is 24.1 Å². The number of carbonyl (C=O) groups is 2. The molecule has 1 atom stereocenters. The Bertz CT molecular complexity index is 841. The normalized spacial score (nSPS) is 11.6. The van der Waals surface area contributed by atoms with Crippen molar-refractivity contribution < 1.29 is 19.2 Å². The van der Waals surface area contributed by atoms with Crippen LogP contribution in [0.4, 0.5) is 5.69 Å². The van der Waals surface area contributed by atoms with Gasteiger partial charge < -0.3 is 9.64 Å². The molecule has 27 heavy (non-hydrogen) atoms. The third-order valence-corrected chi connectivity index (χ3v) is 4.31. The fourth-order valence-electron chi connectivity index (χ4n) is 2.93. The van der Waals surface area contributed by atoms with Crippen LogP contribution in [0.25, 0.3) is 0 Å². The Morgan fingerprint density at radius 3 is 2.15 bits per heavy atom. The number of ether oxygens (including phenoxy) is 1. The lowest BCUT2D eigenvalue weighted by Crippen LogP contribution is -2.44. The first-order valence-corrected chi connectivity index (χ1v) is 8.39. The van der Waals surface area contributed by atoms with Crippen molar-refractivity contribution in [2.24, 2.45) is 0 Å². The van der Waals surface area contributed by atoms with Gasteiger partial charge in [0.1, 0.15) is 6.04 Å². The summed E-state index contributed by atoms with van der Waals surface area (Å²) < 4.78 is 4.86. The summed E-state index contributed by atoms with van der Waals surface area (Å²) in [5.41, 5.74) is 3.06. The summed E-state index contributed by atoms with van der Waals surface area (Å²) in [7, 11) is 2.81. The van der Waals surface area contributed by atoms with Gasteiger partial charge in [-0.25, -0.2) is 4.79 Å². The van der Waals surface area contributed by atoms with Crippen LogP contribution in [0.15, 0.2) is 42.5 Å². The minimum absolute atomic E-state index is 0.0342. The van der Waals surface area contributed by atoms with Crippen molar-refractivity contribution in [1.29, 1.82) is 0 Å². The SMILES string of the molecule is COC(=O)[C@@H](Cc1ccc([N+](=O)[O-])cc1)N(C)C(=O)c1cc(C)cc(C)c1. The largest absolute Gasteiger partial charge is 0.467 e. The highest BCUT2D eigenvalue weighted by Crippen LogP contribution is 2.18. The monoisotopic (exact) mass is 370 g/mol. The van der Waals surface area contributed by atoms with Crippen LogP contribution in [-0.2, 0) is 16.0 Å². The van der Waals surface area contributed by atoms with Gasteiger partial charge in [-0.2, -0.15) is 0 Å². The van der Waals surface area contributed by atoms with Crippen molar-refractivity contribution in [2.75, 3.05) is 14.2 Å². The van der Waals surface area contributed by atoms with Crippen molar-refractivity contribution in [2.45, 2.75) is 26.3 Å². The third-order valence-electron chi connectivity index (χ3n) is 4.31. The number of benzene rings is 2. The number of nitrogens with zero attached hydrogens (tertiary/aromatic N) is 2. The van der Waals surface area contributed by atoms with Gasteiger partial charge in [0, 0.05) is 31.2 Å². The Kier molecular flexibility index (Phi) is 6.28. The number of hydrogen-bond acceptors (Lipinski definition) is 5. The number of nitro benzene ring substituents is 1. The number of hydrogen-bond donors (Lipinski definition) is 0. The number of aryl methyl sites for hydroxylation is 2. The molecule has 7 nitrogen and oxygen atoms in total. The van der Waals surface area contributed by atoms with E-state index < -0.39 is 16.9 Å². The number of methoxy groups -OCH3 is 1. The maximum absolute atomic E-state index is 12.9. The molecule has 0 saturated carbocycles. The Labute approximate surface area is 157 Å². The topological polar surface area (TPSA) is 89.8 Å². The Morgan fingerprint density at radius 2 is 1.67 bits per heavy atom. The second kappa shape index (κ2) is 8.44. The Hall–Kier alpha value is -3.22. The predicted molar refractivity (Wildman–Crippen MR) is 101 cm³/mol. The van der Waals surface area contributed by atoms with Crippen molar-refractivity contribution >= 4 is 17.6 Å². The van der Waals surface area contributed by atoms with Crippen LogP contribution in [-0.4, -0.2) is 41.9 Å². The molecule has 0 spiro atoms. The zero-order valence-corrected chi connectivity index (χ0v) is 15.8. The molecule has 7 heteroatoms. The average molecular weight is 370 g/mol. The number of non-ortho nitro benzene ring substituents is 1. The van der Waals surface area contributed by atoms with E-state index in [4.69, 9.17) is 4.74 Å². The van der Waals surface area contributed by atoms with Gasteiger partial charge in [-0.15, -0.1) is 0 Å². The van der Waals surface area contributed by atoms with Gasteiger partial charge in [-0.1, -0.05) is 29.3 Å². The van der Waals surface area contributed by atoms with E-state index in [1.807, 2.05) is 19.9 Å². The molecule has 0 fully saturated rings. The summed E-state index contributed by atoms with van der Waals surface area (Å²) in [5, 5.41) is 10.8. The number of esters is 1. The van der Waals surface area contributed by atoms with E-state index >= 15 is 0 Å². The molecule has 0 aliphatic carbocycles. The molecule has 142 valence electrons. The van der Waals surface area contributed by atoms with Crippen molar-refractivity contribution in [3.8, 4) is 0 Å². The third kappa shape index (κ3) is 4.91. The first-order valence-electron chi connectivity index (χ1n) is 8.39. The quantitative estimate of drug-likeness (QED) is 0.443. The lowest BCUT2D eigenvalue weighted by Gasteiger charge is -2.26. The van der Waals surface area contributed by atoms with E-state index in [0.29, 0.717) is 11.1 Å². The summed E-state index contributed by atoms with van der Waals surface area (Å²) in [6.45, 7) is 3.80. The molecule has 0 aliphatic heterocycles. The predicted octanol–water partition coefficient (Wildman–Crippen LogP) is 3.07. The zero-order valence-electron chi connectivity index (χ0n) is 15.8. The van der Waals surface area contributed by atoms with Crippen LogP contribution in [0.5, 0.6) is 0 Å². The van der Waals surface area contributed by atoms with E-state index in [0.717, 1.165) is 11.1 Å². The number of rotatable bonds is 6. The molecule has 0 N–H and O–H groups in total. The molecule has 2 aromatic carbocycles. The molecule has 0 saturated heterocycles. The molecule has 0 heterocycles. The fourth-order valence-corrected chi connectivity index (χ4v) is 2.93. The number of carbonyl (C=O) groups excluding carboxylic acids is 2. The van der Waals surface area contributed by atoms with Gasteiger partial charge in [0.2, 0.25) is 0 Å². The maximum atomic E-state index is 12.9. The molecule has 2 rings (SSSR count). The van der Waals surface area contributed by atoms with Crippen LogP contribution in [0, 0.1) is 24.0 Å². The molecule has 0 bridgehead atoms. The number of nitro groups is 1. The van der Waals surface area contributed by atoms with Crippen molar-refractivity contribution in [3.63, 3.8) is 0 Å². The van der Waals surface area contributed by atoms with Gasteiger partial charge in [-0.3, -0.25) is 14.9 Å². The molecule has 0 aliphatic rings. The van der Waals surface area contributed by atoms with E-state index in [9.17, 15) is 19.7 Å². The average Bonchev–Trinajstić information content (AvgIpc) is 2.63. The van der Waals surface area contributed by atoms with Crippen LogP contribution < -0.4 is 0 Å². The van der Waals surface area contributed by atoms with Crippen LogP contribution in [0.3, 0.4) is 0 Å². The summed E-state index contributed by atoms with van der Waals surface area (Å²) in [6, 6.07) is 10.5. The summed E-state index contributed by atoms with van der Waals surface area (Å²) in [6.07, 6.45) is 0.192. The van der Waals surface area contributed by atoms with Gasteiger partial charge in [-0.05, 0) is 31.5 Å². The van der Waals surface area contributed by atoms with Crippen LogP contribution in [0.2, 0.25) is 0 Å². The molecule has 0 radical (unpaired) electrons. The molecule has 0 aromatic heterocycles. The lowest BCUT2D eigenvalue weighted by atomic mass is 10.0.